The minimum Gasteiger partial charge on any atom is -0.457 e. The Morgan fingerprint density at radius 1 is 0.369 bits per heavy atom. The Morgan fingerprint density at radius 3 is 1.06 bits per heavy atom. The van der Waals surface area contributed by atoms with Gasteiger partial charge in [-0.15, -0.1) is 9.97 Å². The van der Waals surface area contributed by atoms with Crippen molar-refractivity contribution in [3.63, 3.8) is 0 Å². The third kappa shape index (κ3) is 11.0. The van der Waals surface area contributed by atoms with E-state index in [4.69, 9.17) is 47.4 Å². The molecule has 14 rings (SSSR count). The maximum Gasteiger partial charge on any atom is 0.338 e. The first-order valence-electron chi connectivity index (χ1n) is 27.3. The van der Waals surface area contributed by atoms with Crippen LogP contribution in [0.3, 0.4) is 0 Å². The number of esters is 2. The normalized spacial score (nSPS) is 14.5. The van der Waals surface area contributed by atoms with Crippen LogP contribution in [0, 0.1) is 0 Å². The highest BCUT2D eigenvalue weighted by molar-refractivity contribution is 6.24. The zero-order valence-electron chi connectivity index (χ0n) is 44.9. The van der Waals surface area contributed by atoms with Crippen molar-refractivity contribution in [3.05, 3.63) is 168 Å². The van der Waals surface area contributed by atoms with Crippen LogP contribution in [0.5, 0.6) is 47.0 Å². The number of nitrogens with one attached hydrogen (secondary N) is 2. The Labute approximate surface area is 478 Å². The largest absolute Gasteiger partial charge is 0.457 e. The van der Waals surface area contributed by atoms with Gasteiger partial charge in [0.1, 0.15) is 36.2 Å². The van der Waals surface area contributed by atoms with Gasteiger partial charge in [-0.2, -0.15) is 19.9 Å². The number of benzene rings is 10. The number of carbonyl (C=O) groups excluding carboxylic acids is 2. The number of aromatic nitrogens is 6. The Morgan fingerprint density at radius 2 is 0.690 bits per heavy atom. The zero-order chi connectivity index (χ0) is 56.3. The molecule has 2 N–H and O–H groups in total. The van der Waals surface area contributed by atoms with Crippen molar-refractivity contribution in [2.24, 2.45) is 0 Å². The molecule has 0 spiro atoms. The first-order chi connectivity index (χ1) is 41.4. The Balaban J connectivity index is 0.810. The molecule has 2 aromatic heterocycles. The van der Waals surface area contributed by atoms with Gasteiger partial charge in [0.2, 0.25) is 11.9 Å². The molecule has 84 heavy (non-hydrogen) atoms. The second-order valence-electron chi connectivity index (χ2n) is 19.9. The number of nitrogens with zero attached hydrogens (tertiary/aromatic N) is 6. The average Bonchev–Trinajstić information content (AvgIpc) is 1.94. The van der Waals surface area contributed by atoms with Gasteiger partial charge in [0.15, 0.2) is 0 Å². The third-order valence-corrected chi connectivity index (χ3v) is 14.4. The van der Waals surface area contributed by atoms with Gasteiger partial charge in [-0.05, 0) is 100 Å². The molecule has 4 heterocycles. The van der Waals surface area contributed by atoms with Crippen molar-refractivity contribution in [1.82, 2.24) is 29.9 Å². The quantitative estimate of drug-likeness (QED) is 0.116. The van der Waals surface area contributed by atoms with Crippen molar-refractivity contribution in [2.75, 3.05) is 76.6 Å². The molecule has 0 saturated carbocycles. The van der Waals surface area contributed by atoms with Gasteiger partial charge in [0, 0.05) is 25.2 Å². The van der Waals surface area contributed by atoms with E-state index in [9.17, 15) is 9.59 Å². The minimum atomic E-state index is -0.690. The Hall–Kier alpha value is -10.1. The number of anilines is 2. The topological polar surface area (TPSA) is 228 Å². The van der Waals surface area contributed by atoms with E-state index >= 15 is 0 Å². The molecule has 0 unspecified atom stereocenters. The number of hydrogen-bond acceptors (Lipinski definition) is 20. The summed E-state index contributed by atoms with van der Waals surface area (Å²) in [5.74, 6) is -1.07. The van der Waals surface area contributed by atoms with Gasteiger partial charge in [0.25, 0.3) is 0 Å². The van der Waals surface area contributed by atoms with Gasteiger partial charge in [-0.3, -0.25) is 0 Å². The van der Waals surface area contributed by atoms with Crippen LogP contribution in [0.15, 0.2) is 146 Å². The van der Waals surface area contributed by atoms with Crippen molar-refractivity contribution in [2.45, 2.75) is 13.2 Å². The Bertz CT molecular complexity index is 4050. The minimum absolute atomic E-state index is 0.0442. The summed E-state index contributed by atoms with van der Waals surface area (Å²) in [6.07, 6.45) is 0. The summed E-state index contributed by atoms with van der Waals surface area (Å²) in [5, 5.41) is 19.3. The standard InChI is InChI=1S/C64H50N8O12/c73-57(79-35-43-13-11-41-9-7-37-3-1-5-39-15-17-51(43)55(41)53(37)39)45-29-47-33-48(30-45)82-62-68-60-66-20-22-76-24-26-78-28-27-77-25-23-75-21-19-65-59-67-61(81-47)71-63(69-59)83-49-31-46(32-50(34-49)84-64(70-60)72-62)58(74)80-36-44-14-12-42-10-8-38-4-2-6-40-16-18-52(44)56(42)54(38)40/h1-18,29-34H,19-28,35-36H2,(H,65,67,69,71)(H,66,68,70,72). The van der Waals surface area contributed by atoms with Crippen LogP contribution in [0.25, 0.3) is 64.6 Å². The summed E-state index contributed by atoms with van der Waals surface area (Å²) in [6.45, 7) is 3.04. The molecule has 2 aliphatic rings. The summed E-state index contributed by atoms with van der Waals surface area (Å²) < 4.78 is 60.6. The monoisotopic (exact) mass is 1120 g/mol. The average molecular weight is 1120 g/mol. The fraction of sp³-hybridized carbons (Fsp3) is 0.188. The molecular weight excluding hydrogens is 1070 g/mol. The van der Waals surface area contributed by atoms with Crippen molar-refractivity contribution >= 4 is 88.5 Å². The molecule has 0 saturated heterocycles. The maximum atomic E-state index is 14.3. The lowest BCUT2D eigenvalue weighted by Gasteiger charge is -2.16. The lowest BCUT2D eigenvalue weighted by atomic mass is 9.92. The lowest BCUT2D eigenvalue weighted by molar-refractivity contribution is 0.000282. The van der Waals surface area contributed by atoms with Gasteiger partial charge < -0.3 is 58.0 Å². The van der Waals surface area contributed by atoms with Crippen LogP contribution in [-0.4, -0.2) is 108 Å². The Kier molecular flexibility index (Phi) is 14.3. The van der Waals surface area contributed by atoms with Crippen molar-refractivity contribution in [3.8, 4) is 47.0 Å². The van der Waals surface area contributed by atoms with Gasteiger partial charge >= 0.3 is 36.0 Å². The van der Waals surface area contributed by atoms with Crippen molar-refractivity contribution in [1.29, 1.82) is 0 Å². The highest BCUT2D eigenvalue weighted by Gasteiger charge is 2.23. The summed E-state index contributed by atoms with van der Waals surface area (Å²) >= 11 is 0. The van der Waals surface area contributed by atoms with E-state index < -0.39 is 11.9 Å². The van der Waals surface area contributed by atoms with Crippen LogP contribution < -0.4 is 29.6 Å². The number of hydrogen-bond donors (Lipinski definition) is 2. The predicted molar refractivity (Wildman–Crippen MR) is 312 cm³/mol. The smallest absolute Gasteiger partial charge is 0.338 e. The molecule has 0 amide bonds. The van der Waals surface area contributed by atoms with E-state index in [2.05, 4.69) is 113 Å². The molecule has 20 heteroatoms. The van der Waals surface area contributed by atoms with E-state index in [1.54, 1.807) is 0 Å². The molecule has 20 nitrogen and oxygen atoms in total. The van der Waals surface area contributed by atoms with E-state index in [1.165, 1.54) is 36.4 Å². The lowest BCUT2D eigenvalue weighted by Crippen LogP contribution is -2.16. The molecule has 418 valence electrons. The highest BCUT2D eigenvalue weighted by atomic mass is 16.6. The second-order valence-corrected chi connectivity index (χ2v) is 19.9. The zero-order valence-corrected chi connectivity index (χ0v) is 44.9. The fourth-order valence-electron chi connectivity index (χ4n) is 10.6. The van der Waals surface area contributed by atoms with Crippen LogP contribution >= 0.6 is 0 Å². The summed E-state index contributed by atoms with van der Waals surface area (Å²) in [6, 6.07) is 45.1. The molecule has 10 bridgehead atoms. The van der Waals surface area contributed by atoms with E-state index in [1.807, 2.05) is 36.4 Å². The van der Waals surface area contributed by atoms with Crippen molar-refractivity contribution < 1.29 is 57.0 Å². The fourth-order valence-corrected chi connectivity index (χ4v) is 10.6. The van der Waals surface area contributed by atoms with E-state index in [0.717, 1.165) is 75.8 Å². The molecule has 10 aromatic carbocycles. The molecule has 0 fully saturated rings. The van der Waals surface area contributed by atoms with Gasteiger partial charge in [0.05, 0.1) is 64.0 Å². The number of rotatable bonds is 6. The highest BCUT2D eigenvalue weighted by Crippen LogP contribution is 2.39. The SMILES string of the molecule is O=C(OCc1ccc2ccc3cccc4ccc1c2c34)c1cc2cc(c1)Oc1nc3nc(n1)Oc1cc(cc(C(=O)OCc4ccc5ccc6cccc7ccc4c5c67)c1)Oc1nc(nc(n1)O2)NCCOCCOCCOCCOCCN3. The number of carbonyl (C=O) groups is 2. The third-order valence-electron chi connectivity index (χ3n) is 14.4. The molecule has 0 aliphatic carbocycles. The van der Waals surface area contributed by atoms with Gasteiger partial charge in [-0.25, -0.2) is 9.59 Å². The van der Waals surface area contributed by atoms with Crippen LogP contribution in [0.1, 0.15) is 31.8 Å². The van der Waals surface area contributed by atoms with Crippen LogP contribution in [0.4, 0.5) is 11.9 Å². The molecular formula is C64H50N8O12. The summed E-state index contributed by atoms with van der Waals surface area (Å²) in [5.41, 5.74) is 1.74. The maximum absolute atomic E-state index is 14.3. The van der Waals surface area contributed by atoms with E-state index in [0.29, 0.717) is 39.6 Å². The summed E-state index contributed by atoms with van der Waals surface area (Å²) in [7, 11) is 0. The molecule has 12 aromatic rings. The first kappa shape index (κ1) is 52.0. The van der Waals surface area contributed by atoms with Crippen LogP contribution in [-0.2, 0) is 41.6 Å². The number of fused-ring (bicyclic) bond motifs is 6. The first-order valence-corrected chi connectivity index (χ1v) is 27.3. The van der Waals surface area contributed by atoms with Crippen LogP contribution in [0.2, 0.25) is 0 Å². The second kappa shape index (κ2) is 23.0. The number of ether oxygens (including phenoxy) is 10. The molecule has 2 aliphatic heterocycles. The molecule has 0 atom stereocenters. The summed E-state index contributed by atoms with van der Waals surface area (Å²) in [4.78, 5) is 56.0. The van der Waals surface area contributed by atoms with Gasteiger partial charge in [-0.1, -0.05) is 109 Å². The molecule has 0 radical (unpaired) electrons. The van der Waals surface area contributed by atoms with E-state index in [-0.39, 0.29) is 110 Å². The predicted octanol–water partition coefficient (Wildman–Crippen LogP) is 12.0.